The third kappa shape index (κ3) is 6.86. The van der Waals surface area contributed by atoms with E-state index in [-0.39, 0.29) is 5.75 Å². The van der Waals surface area contributed by atoms with Crippen LogP contribution < -0.4 is 20.1 Å². The summed E-state index contributed by atoms with van der Waals surface area (Å²) < 4.78 is 31.1. The number of methoxy groups -OCH3 is 1. The molecule has 152 valence electrons. The summed E-state index contributed by atoms with van der Waals surface area (Å²) in [6, 6.07) is 15.4. The molecule has 2 aromatic rings. The molecular weight excluding hydrogens is 376 g/mol. The Balaban J connectivity index is 1.87. The maximum atomic E-state index is 11.7. The third-order valence-corrected chi connectivity index (χ3v) is 5.56. The highest BCUT2D eigenvalue weighted by Gasteiger charge is 2.09. The SMILES string of the molecule is CN=C(NCCc1ccccc1OC)NCc1cccc(CS(=O)(=O)NC)c1. The van der Waals surface area contributed by atoms with Crippen LogP contribution in [0.2, 0.25) is 0 Å². The Kier molecular flexibility index (Phi) is 8.28. The van der Waals surface area contributed by atoms with Crippen molar-refractivity contribution in [1.82, 2.24) is 15.4 Å². The predicted octanol–water partition coefficient (Wildman–Crippen LogP) is 1.65. The molecule has 0 heterocycles. The largest absolute Gasteiger partial charge is 0.496 e. The van der Waals surface area contributed by atoms with E-state index in [9.17, 15) is 8.42 Å². The Morgan fingerprint density at radius 2 is 1.82 bits per heavy atom. The smallest absolute Gasteiger partial charge is 0.215 e. The molecule has 3 N–H and O–H groups in total. The van der Waals surface area contributed by atoms with Crippen molar-refractivity contribution >= 4 is 16.0 Å². The normalized spacial score (nSPS) is 11.9. The Morgan fingerprint density at radius 3 is 2.54 bits per heavy atom. The molecule has 2 aromatic carbocycles. The summed E-state index contributed by atoms with van der Waals surface area (Å²) in [4.78, 5) is 4.23. The molecule has 0 aliphatic rings. The maximum Gasteiger partial charge on any atom is 0.215 e. The molecule has 28 heavy (non-hydrogen) atoms. The molecule has 0 bridgehead atoms. The van der Waals surface area contributed by atoms with E-state index in [1.165, 1.54) is 7.05 Å². The highest BCUT2D eigenvalue weighted by Crippen LogP contribution is 2.17. The molecule has 2 rings (SSSR count). The van der Waals surface area contributed by atoms with Gasteiger partial charge in [0.05, 0.1) is 12.9 Å². The van der Waals surface area contributed by atoms with Crippen LogP contribution in [0, 0.1) is 0 Å². The molecule has 0 aromatic heterocycles. The molecule has 0 saturated carbocycles. The number of sulfonamides is 1. The van der Waals surface area contributed by atoms with Gasteiger partial charge < -0.3 is 15.4 Å². The molecule has 0 spiro atoms. The van der Waals surface area contributed by atoms with Crippen LogP contribution in [0.1, 0.15) is 16.7 Å². The molecular formula is C20H28N4O3S. The number of guanidine groups is 1. The second kappa shape index (κ2) is 10.7. The van der Waals surface area contributed by atoms with Crippen molar-refractivity contribution in [2.24, 2.45) is 4.99 Å². The first-order chi connectivity index (χ1) is 13.5. The fourth-order valence-corrected chi connectivity index (χ4v) is 3.52. The lowest BCUT2D eigenvalue weighted by molar-refractivity contribution is 0.409. The summed E-state index contributed by atoms with van der Waals surface area (Å²) in [5.74, 6) is 1.52. The van der Waals surface area contributed by atoms with Gasteiger partial charge in [-0.3, -0.25) is 4.99 Å². The van der Waals surface area contributed by atoms with Gasteiger partial charge in [-0.15, -0.1) is 0 Å². The summed E-state index contributed by atoms with van der Waals surface area (Å²) >= 11 is 0. The molecule has 0 amide bonds. The average Bonchev–Trinajstić information content (AvgIpc) is 2.70. The van der Waals surface area contributed by atoms with Crippen LogP contribution in [-0.4, -0.2) is 42.1 Å². The van der Waals surface area contributed by atoms with Gasteiger partial charge in [0.25, 0.3) is 0 Å². The second-order valence-corrected chi connectivity index (χ2v) is 8.12. The first kappa shape index (κ1) is 21.7. The van der Waals surface area contributed by atoms with Crippen molar-refractivity contribution in [3.8, 4) is 5.75 Å². The molecule has 0 aliphatic carbocycles. The van der Waals surface area contributed by atoms with Gasteiger partial charge in [0.15, 0.2) is 5.96 Å². The summed E-state index contributed by atoms with van der Waals surface area (Å²) in [7, 11) is 1.52. The summed E-state index contributed by atoms with van der Waals surface area (Å²) in [5.41, 5.74) is 2.86. The standard InChI is InChI=1S/C20H28N4O3S/c1-21-20(23-12-11-18-9-4-5-10-19(18)27-3)24-14-16-7-6-8-17(13-16)15-28(25,26)22-2/h4-10,13,22H,11-12,14-15H2,1-3H3,(H2,21,23,24). The number of nitrogens with one attached hydrogen (secondary N) is 3. The highest BCUT2D eigenvalue weighted by atomic mass is 32.2. The van der Waals surface area contributed by atoms with Crippen LogP contribution in [0.4, 0.5) is 0 Å². The minimum absolute atomic E-state index is 0.0385. The lowest BCUT2D eigenvalue weighted by Crippen LogP contribution is -2.37. The quantitative estimate of drug-likeness (QED) is 0.437. The number of rotatable bonds is 9. The Bertz CT molecular complexity index is 898. The highest BCUT2D eigenvalue weighted by molar-refractivity contribution is 7.88. The van der Waals surface area contributed by atoms with Crippen LogP contribution in [0.5, 0.6) is 5.75 Å². The molecule has 8 heteroatoms. The van der Waals surface area contributed by atoms with Gasteiger partial charge in [-0.2, -0.15) is 0 Å². The summed E-state index contributed by atoms with van der Waals surface area (Å²) in [5, 5.41) is 6.53. The topological polar surface area (TPSA) is 91.8 Å². The van der Waals surface area contributed by atoms with E-state index in [0.717, 1.165) is 28.9 Å². The van der Waals surface area contributed by atoms with Crippen molar-refractivity contribution < 1.29 is 13.2 Å². The van der Waals surface area contributed by atoms with Gasteiger partial charge in [-0.25, -0.2) is 13.1 Å². The van der Waals surface area contributed by atoms with Gasteiger partial charge in [0.2, 0.25) is 10.0 Å². The van der Waals surface area contributed by atoms with Crippen LogP contribution in [-0.2, 0) is 28.7 Å². The van der Waals surface area contributed by atoms with E-state index in [1.807, 2.05) is 42.5 Å². The van der Waals surface area contributed by atoms with Crippen molar-refractivity contribution in [2.75, 3.05) is 27.7 Å². The van der Waals surface area contributed by atoms with Gasteiger partial charge in [-0.05, 0) is 36.2 Å². The zero-order chi connectivity index (χ0) is 20.4. The number of para-hydroxylation sites is 1. The first-order valence-corrected chi connectivity index (χ1v) is 10.7. The van der Waals surface area contributed by atoms with E-state index in [2.05, 4.69) is 20.3 Å². The van der Waals surface area contributed by atoms with Crippen LogP contribution >= 0.6 is 0 Å². The molecule has 0 radical (unpaired) electrons. The molecule has 0 saturated heterocycles. The number of benzene rings is 2. The van der Waals surface area contributed by atoms with Crippen molar-refractivity contribution in [2.45, 2.75) is 18.7 Å². The lowest BCUT2D eigenvalue weighted by atomic mass is 10.1. The molecule has 0 unspecified atom stereocenters. The Morgan fingerprint density at radius 1 is 1.07 bits per heavy atom. The molecule has 7 nitrogen and oxygen atoms in total. The number of hydrogen-bond donors (Lipinski definition) is 3. The Labute approximate surface area is 167 Å². The number of hydrogen-bond acceptors (Lipinski definition) is 4. The number of aliphatic imine (C=N–C) groups is 1. The van der Waals surface area contributed by atoms with E-state index >= 15 is 0 Å². The fourth-order valence-electron chi connectivity index (χ4n) is 2.75. The first-order valence-electron chi connectivity index (χ1n) is 9.03. The van der Waals surface area contributed by atoms with Gasteiger partial charge in [0.1, 0.15) is 5.75 Å². The van der Waals surface area contributed by atoms with E-state index in [4.69, 9.17) is 4.74 Å². The molecule has 0 atom stereocenters. The zero-order valence-electron chi connectivity index (χ0n) is 16.5. The van der Waals surface area contributed by atoms with Crippen molar-refractivity contribution in [3.63, 3.8) is 0 Å². The predicted molar refractivity (Wildman–Crippen MR) is 113 cm³/mol. The number of nitrogens with zero attached hydrogens (tertiary/aromatic N) is 1. The Hall–Kier alpha value is -2.58. The van der Waals surface area contributed by atoms with Crippen LogP contribution in [0.3, 0.4) is 0 Å². The van der Waals surface area contributed by atoms with Gasteiger partial charge in [-0.1, -0.05) is 42.5 Å². The minimum atomic E-state index is -3.29. The van der Waals surface area contributed by atoms with Gasteiger partial charge in [0, 0.05) is 20.1 Å². The van der Waals surface area contributed by atoms with Crippen molar-refractivity contribution in [3.05, 3.63) is 65.2 Å². The van der Waals surface area contributed by atoms with Crippen LogP contribution in [0.15, 0.2) is 53.5 Å². The second-order valence-electron chi connectivity index (χ2n) is 6.20. The molecule has 0 aliphatic heterocycles. The maximum absolute atomic E-state index is 11.7. The minimum Gasteiger partial charge on any atom is -0.496 e. The van der Waals surface area contributed by atoms with Crippen LogP contribution in [0.25, 0.3) is 0 Å². The lowest BCUT2D eigenvalue weighted by Gasteiger charge is -2.13. The van der Waals surface area contributed by atoms with Gasteiger partial charge >= 0.3 is 0 Å². The fraction of sp³-hybridized carbons (Fsp3) is 0.350. The zero-order valence-corrected chi connectivity index (χ0v) is 17.3. The third-order valence-electron chi connectivity index (χ3n) is 4.22. The van der Waals surface area contributed by atoms with E-state index in [1.54, 1.807) is 20.2 Å². The molecule has 0 fully saturated rings. The van der Waals surface area contributed by atoms with E-state index in [0.29, 0.717) is 19.0 Å². The van der Waals surface area contributed by atoms with Crippen molar-refractivity contribution in [1.29, 1.82) is 0 Å². The monoisotopic (exact) mass is 404 g/mol. The summed E-state index contributed by atoms with van der Waals surface area (Å²) in [6.07, 6.45) is 0.808. The van der Waals surface area contributed by atoms with E-state index < -0.39 is 10.0 Å². The average molecular weight is 405 g/mol. The summed E-state index contributed by atoms with van der Waals surface area (Å²) in [6.45, 7) is 1.25. The number of ether oxygens (including phenoxy) is 1.